The second-order valence-electron chi connectivity index (χ2n) is 6.94. The normalized spacial score (nSPS) is 12.2. The molecule has 3 aromatic rings. The maximum Gasteiger partial charge on any atom is 0.422 e. The second kappa shape index (κ2) is 9.09. The number of hydrogen-bond donors (Lipinski definition) is 0. The van der Waals surface area contributed by atoms with Gasteiger partial charge in [0, 0.05) is 16.7 Å². The second-order valence-corrected chi connectivity index (χ2v) is 6.94. The van der Waals surface area contributed by atoms with Gasteiger partial charge in [0.15, 0.2) is 69.8 Å². The van der Waals surface area contributed by atoms with Crippen molar-refractivity contribution in [1.29, 1.82) is 0 Å². The lowest BCUT2D eigenvalue weighted by molar-refractivity contribution is -0.143. The van der Waals surface area contributed by atoms with Crippen molar-refractivity contribution in [3.8, 4) is 0 Å². The van der Waals surface area contributed by atoms with E-state index in [-0.39, 0.29) is 0 Å². The SMILES string of the molecule is Fc1c(F)c(F)c(C(c2c(F)c(F)c(F)c(F)c2F)c2c(F)c(F)c(C(F)(F)F)c(F)c2F)c(F)c1F. The molecular weight excluding hydrogens is 563 g/mol. The summed E-state index contributed by atoms with van der Waals surface area (Å²) < 4.78 is 236. The molecule has 200 valence electrons. The Morgan fingerprint density at radius 3 is 0.703 bits per heavy atom. The van der Waals surface area contributed by atoms with Gasteiger partial charge in [-0.1, -0.05) is 0 Å². The van der Waals surface area contributed by atoms with E-state index in [9.17, 15) is 74.6 Å². The highest BCUT2D eigenvalue weighted by molar-refractivity contribution is 5.49. The van der Waals surface area contributed by atoms with Crippen LogP contribution in [-0.4, -0.2) is 0 Å². The number of benzene rings is 3. The first-order chi connectivity index (χ1) is 16.9. The summed E-state index contributed by atoms with van der Waals surface area (Å²) in [5, 5.41) is 0. The molecule has 3 aromatic carbocycles. The molecule has 0 N–H and O–H groups in total. The van der Waals surface area contributed by atoms with Crippen molar-refractivity contribution in [3.63, 3.8) is 0 Å². The average molecular weight is 564 g/mol. The Morgan fingerprint density at radius 2 is 0.486 bits per heavy atom. The zero-order valence-corrected chi connectivity index (χ0v) is 16.5. The summed E-state index contributed by atoms with van der Waals surface area (Å²) in [7, 11) is 0. The van der Waals surface area contributed by atoms with Gasteiger partial charge in [-0.25, -0.2) is 61.5 Å². The first kappa shape index (κ1) is 28.0. The Kier molecular flexibility index (Phi) is 6.89. The van der Waals surface area contributed by atoms with Crippen molar-refractivity contribution in [2.24, 2.45) is 0 Å². The van der Waals surface area contributed by atoms with E-state index >= 15 is 0 Å². The predicted octanol–water partition coefficient (Wildman–Crippen LogP) is 7.83. The molecule has 37 heavy (non-hydrogen) atoms. The lowest BCUT2D eigenvalue weighted by Gasteiger charge is -2.24. The summed E-state index contributed by atoms with van der Waals surface area (Å²) in [6, 6.07) is 0. The zero-order valence-electron chi connectivity index (χ0n) is 16.5. The van der Waals surface area contributed by atoms with Gasteiger partial charge in [0.05, 0.1) is 5.92 Å². The van der Waals surface area contributed by atoms with Crippen LogP contribution >= 0.6 is 0 Å². The minimum absolute atomic E-state index is 2.84. The van der Waals surface area contributed by atoms with Crippen molar-refractivity contribution in [2.45, 2.75) is 12.1 Å². The molecule has 0 amide bonds. The summed E-state index contributed by atoms with van der Waals surface area (Å²) in [6.45, 7) is 0. The quantitative estimate of drug-likeness (QED) is 0.132. The molecule has 0 aliphatic carbocycles. The molecule has 0 bridgehead atoms. The van der Waals surface area contributed by atoms with E-state index < -0.39 is 116 Å². The highest BCUT2D eigenvalue weighted by Crippen LogP contribution is 2.46. The fourth-order valence-corrected chi connectivity index (χ4v) is 3.33. The number of halogens is 17. The number of rotatable bonds is 3. The molecule has 0 saturated carbocycles. The maximum absolute atomic E-state index is 14.6. The molecule has 0 unspecified atom stereocenters. The monoisotopic (exact) mass is 564 g/mol. The van der Waals surface area contributed by atoms with Gasteiger partial charge in [0.1, 0.15) is 5.56 Å². The van der Waals surface area contributed by atoms with Crippen molar-refractivity contribution in [2.75, 3.05) is 0 Å². The minimum atomic E-state index is -6.25. The zero-order chi connectivity index (χ0) is 28.5. The lowest BCUT2D eigenvalue weighted by atomic mass is 9.82. The fraction of sp³-hybridized carbons (Fsp3) is 0.100. The van der Waals surface area contributed by atoms with E-state index in [0.717, 1.165) is 0 Å². The average Bonchev–Trinajstić information content (AvgIpc) is 2.81. The van der Waals surface area contributed by atoms with Gasteiger partial charge in [-0.2, -0.15) is 13.2 Å². The summed E-state index contributed by atoms with van der Waals surface area (Å²) in [5.41, 5.74) is -12.0. The largest absolute Gasteiger partial charge is 0.422 e. The van der Waals surface area contributed by atoms with Crippen LogP contribution in [-0.2, 0) is 6.18 Å². The molecule has 0 aliphatic rings. The first-order valence-corrected chi connectivity index (χ1v) is 8.83. The van der Waals surface area contributed by atoms with E-state index in [1.807, 2.05) is 0 Å². The van der Waals surface area contributed by atoms with Gasteiger partial charge in [0.25, 0.3) is 0 Å². The van der Waals surface area contributed by atoms with Gasteiger partial charge in [-0.3, -0.25) is 0 Å². The van der Waals surface area contributed by atoms with Crippen LogP contribution in [0.3, 0.4) is 0 Å². The van der Waals surface area contributed by atoms with Gasteiger partial charge in [0.2, 0.25) is 11.6 Å². The Balaban J connectivity index is 2.69. The predicted molar refractivity (Wildman–Crippen MR) is 84.7 cm³/mol. The standard InChI is InChI=1S/C20HF17/c21-6-2(7(22)13(28)5(12(6)27)20(35,36)37)1(3-8(23)14(29)18(33)15(30)9(3)24)4-10(25)16(31)19(34)17(32)11(4)26/h1H. The fourth-order valence-electron chi connectivity index (χ4n) is 3.33. The van der Waals surface area contributed by atoms with Crippen LogP contribution in [0.2, 0.25) is 0 Å². The number of alkyl halides is 3. The van der Waals surface area contributed by atoms with Crippen molar-refractivity contribution < 1.29 is 74.6 Å². The molecule has 0 heterocycles. The molecule has 0 radical (unpaired) electrons. The molecule has 0 saturated heterocycles. The van der Waals surface area contributed by atoms with Crippen LogP contribution in [0.5, 0.6) is 0 Å². The molecule has 0 aliphatic heterocycles. The Labute approximate surface area is 191 Å². The van der Waals surface area contributed by atoms with Crippen LogP contribution in [0.4, 0.5) is 74.6 Å². The number of hydrogen-bond acceptors (Lipinski definition) is 0. The van der Waals surface area contributed by atoms with Crippen molar-refractivity contribution in [3.05, 3.63) is 104 Å². The molecule has 0 nitrogen and oxygen atoms in total. The molecule has 0 spiro atoms. The van der Waals surface area contributed by atoms with E-state index in [2.05, 4.69) is 0 Å². The molecule has 0 aromatic heterocycles. The molecule has 3 rings (SSSR count). The van der Waals surface area contributed by atoms with Gasteiger partial charge >= 0.3 is 6.18 Å². The highest BCUT2D eigenvalue weighted by atomic mass is 19.4. The molecule has 0 fully saturated rings. The van der Waals surface area contributed by atoms with E-state index in [4.69, 9.17) is 0 Å². The Bertz CT molecular complexity index is 1300. The third kappa shape index (κ3) is 4.03. The lowest BCUT2D eigenvalue weighted by Crippen LogP contribution is -2.23. The van der Waals surface area contributed by atoms with E-state index in [1.54, 1.807) is 0 Å². The van der Waals surface area contributed by atoms with Crippen molar-refractivity contribution >= 4 is 0 Å². The van der Waals surface area contributed by atoms with Crippen LogP contribution in [0.25, 0.3) is 0 Å². The van der Waals surface area contributed by atoms with Crippen LogP contribution in [0.1, 0.15) is 28.2 Å². The summed E-state index contributed by atoms with van der Waals surface area (Å²) >= 11 is 0. The van der Waals surface area contributed by atoms with E-state index in [0.29, 0.717) is 0 Å². The summed E-state index contributed by atoms with van der Waals surface area (Å²) in [4.78, 5) is 0. The molecule has 0 atom stereocenters. The van der Waals surface area contributed by atoms with Gasteiger partial charge < -0.3 is 0 Å². The van der Waals surface area contributed by atoms with Crippen LogP contribution in [0.15, 0.2) is 0 Å². The highest BCUT2D eigenvalue weighted by Gasteiger charge is 2.46. The minimum Gasteiger partial charge on any atom is -0.203 e. The third-order valence-corrected chi connectivity index (χ3v) is 4.93. The molecule has 17 heteroatoms. The Hall–Kier alpha value is -3.53. The van der Waals surface area contributed by atoms with Gasteiger partial charge in [-0.05, 0) is 0 Å². The third-order valence-electron chi connectivity index (χ3n) is 4.93. The van der Waals surface area contributed by atoms with E-state index in [1.165, 1.54) is 0 Å². The van der Waals surface area contributed by atoms with Crippen LogP contribution < -0.4 is 0 Å². The molecular formula is C20HF17. The smallest absolute Gasteiger partial charge is 0.203 e. The van der Waals surface area contributed by atoms with Crippen LogP contribution in [0, 0.1) is 81.4 Å². The summed E-state index contributed by atoms with van der Waals surface area (Å²) in [6.07, 6.45) is -6.25. The topological polar surface area (TPSA) is 0 Å². The maximum atomic E-state index is 14.6. The Morgan fingerprint density at radius 1 is 0.297 bits per heavy atom. The van der Waals surface area contributed by atoms with Crippen molar-refractivity contribution in [1.82, 2.24) is 0 Å². The summed E-state index contributed by atoms with van der Waals surface area (Å²) in [5.74, 6) is -49.1. The van der Waals surface area contributed by atoms with Gasteiger partial charge in [-0.15, -0.1) is 0 Å². The first-order valence-electron chi connectivity index (χ1n) is 8.83.